The Morgan fingerprint density at radius 1 is 0.706 bits per heavy atom. The van der Waals surface area contributed by atoms with Crippen LogP contribution in [0.4, 0.5) is 0 Å². The minimum atomic E-state index is -0.803. The minimum absolute atomic E-state index is 0.00315. The van der Waals surface area contributed by atoms with Gasteiger partial charge in [-0.2, -0.15) is 0 Å². The molecule has 1 N–H and O–H groups in total. The van der Waals surface area contributed by atoms with Crippen LogP contribution in [0.5, 0.6) is 0 Å². The summed E-state index contributed by atoms with van der Waals surface area (Å²) in [6.45, 7) is 16.8. The van der Waals surface area contributed by atoms with Crippen molar-refractivity contribution in [1.29, 1.82) is 0 Å². The Balaban J connectivity index is 2.43. The summed E-state index contributed by atoms with van der Waals surface area (Å²) in [5.41, 5.74) is 1.68. The number of carbonyl (C=O) groups excluding carboxylic acids is 2. The van der Waals surface area contributed by atoms with E-state index in [2.05, 4.69) is 27.7 Å². The molecule has 0 aromatic rings. The second-order valence-electron chi connectivity index (χ2n) is 12.0. The van der Waals surface area contributed by atoms with Crippen molar-refractivity contribution in [2.75, 3.05) is 0 Å². The first-order valence-corrected chi connectivity index (χ1v) is 14.1. The van der Waals surface area contributed by atoms with Crippen LogP contribution in [0.25, 0.3) is 0 Å². The zero-order valence-corrected chi connectivity index (χ0v) is 23.7. The number of rotatable bonds is 17. The first-order chi connectivity index (χ1) is 15.9. The van der Waals surface area contributed by atoms with Crippen molar-refractivity contribution in [2.24, 2.45) is 17.8 Å². The molecule has 0 fully saturated rings. The Hall–Kier alpha value is -1.22. The zero-order chi connectivity index (χ0) is 25.9. The average Bonchev–Trinajstić information content (AvgIpc) is 2.75. The van der Waals surface area contributed by atoms with Crippen LogP contribution < -0.4 is 0 Å². The van der Waals surface area contributed by atoms with Gasteiger partial charge in [0.1, 0.15) is 0 Å². The van der Waals surface area contributed by atoms with Crippen LogP contribution in [0.2, 0.25) is 0 Å². The van der Waals surface area contributed by atoms with E-state index in [9.17, 15) is 14.7 Å². The quantitative estimate of drug-likeness (QED) is 0.215. The summed E-state index contributed by atoms with van der Waals surface area (Å²) in [4.78, 5) is 25.6. The zero-order valence-electron chi connectivity index (χ0n) is 23.7. The van der Waals surface area contributed by atoms with Gasteiger partial charge in [0.2, 0.25) is 0 Å². The summed E-state index contributed by atoms with van der Waals surface area (Å²) in [7, 11) is 0. The number of ketones is 2. The highest BCUT2D eigenvalue weighted by Gasteiger charge is 2.31. The minimum Gasteiger partial charge on any atom is -0.390 e. The van der Waals surface area contributed by atoms with Crippen LogP contribution >= 0.6 is 0 Å². The van der Waals surface area contributed by atoms with E-state index in [0.29, 0.717) is 47.5 Å². The van der Waals surface area contributed by atoms with Crippen molar-refractivity contribution in [3.8, 4) is 0 Å². The Morgan fingerprint density at radius 3 is 1.62 bits per heavy atom. The van der Waals surface area contributed by atoms with Crippen molar-refractivity contribution in [3.05, 3.63) is 22.3 Å². The van der Waals surface area contributed by atoms with E-state index in [-0.39, 0.29) is 11.6 Å². The lowest BCUT2D eigenvalue weighted by atomic mass is 9.79. The Labute approximate surface area is 210 Å². The number of Topliss-reactive ketones (excluding diaryl/α,β-unsaturated/α-hetero) is 2. The number of carbonyl (C=O) groups is 2. The molecule has 0 aromatic carbocycles. The maximum absolute atomic E-state index is 12.9. The topological polar surface area (TPSA) is 54.4 Å². The second kappa shape index (κ2) is 15.0. The third kappa shape index (κ3) is 10.6. The van der Waals surface area contributed by atoms with Gasteiger partial charge in [0.05, 0.1) is 5.60 Å². The van der Waals surface area contributed by atoms with Gasteiger partial charge in [-0.25, -0.2) is 0 Å². The molecule has 34 heavy (non-hydrogen) atoms. The van der Waals surface area contributed by atoms with Gasteiger partial charge in [0.25, 0.3) is 0 Å². The summed E-state index contributed by atoms with van der Waals surface area (Å²) in [5, 5.41) is 11.0. The number of allylic oxidation sites excluding steroid dienone is 4. The molecule has 1 rings (SSSR count). The molecule has 0 heterocycles. The van der Waals surface area contributed by atoms with Gasteiger partial charge in [0.15, 0.2) is 11.6 Å². The molecule has 0 saturated heterocycles. The molecule has 3 nitrogen and oxygen atoms in total. The second-order valence-corrected chi connectivity index (χ2v) is 12.0. The van der Waals surface area contributed by atoms with Crippen LogP contribution in [0.3, 0.4) is 0 Å². The molecule has 1 aliphatic carbocycles. The van der Waals surface area contributed by atoms with Gasteiger partial charge in [-0.1, -0.05) is 92.4 Å². The monoisotopic (exact) mass is 474 g/mol. The summed E-state index contributed by atoms with van der Waals surface area (Å²) < 4.78 is 0. The summed E-state index contributed by atoms with van der Waals surface area (Å²) in [6, 6.07) is 0. The standard InChI is InChI=1S/C31H54O3/c1-9-13-27-28(30(33)26(7)25(6)29(27)32)19-21-31(8,34)20-12-18-24(5)17-11-16-23(4)15-10-14-22(2)3/h22-24,34H,9-21H2,1-8H3/t23-,24-,31?/m1/s1. The first kappa shape index (κ1) is 30.8. The molecule has 0 amide bonds. The molecular formula is C31H54O3. The van der Waals surface area contributed by atoms with Crippen LogP contribution in [0.1, 0.15) is 139 Å². The normalized spacial score (nSPS) is 18.6. The predicted molar refractivity (Wildman–Crippen MR) is 145 cm³/mol. The van der Waals surface area contributed by atoms with Crippen molar-refractivity contribution < 1.29 is 14.7 Å². The lowest BCUT2D eigenvalue weighted by molar-refractivity contribution is -0.116. The highest BCUT2D eigenvalue weighted by Crippen LogP contribution is 2.32. The smallest absolute Gasteiger partial charge is 0.185 e. The lowest BCUT2D eigenvalue weighted by Crippen LogP contribution is -2.27. The molecule has 196 valence electrons. The third-order valence-electron chi connectivity index (χ3n) is 7.85. The van der Waals surface area contributed by atoms with Gasteiger partial charge >= 0.3 is 0 Å². The van der Waals surface area contributed by atoms with Crippen molar-refractivity contribution >= 4 is 11.6 Å². The van der Waals surface area contributed by atoms with E-state index < -0.39 is 5.60 Å². The Kier molecular flexibility index (Phi) is 13.6. The van der Waals surface area contributed by atoms with E-state index in [0.717, 1.165) is 37.5 Å². The van der Waals surface area contributed by atoms with E-state index in [1.807, 2.05) is 13.8 Å². The van der Waals surface area contributed by atoms with E-state index in [1.165, 1.54) is 38.5 Å². The van der Waals surface area contributed by atoms with Crippen LogP contribution in [-0.4, -0.2) is 22.3 Å². The highest BCUT2D eigenvalue weighted by atomic mass is 16.3. The largest absolute Gasteiger partial charge is 0.390 e. The van der Waals surface area contributed by atoms with Crippen LogP contribution in [0.15, 0.2) is 22.3 Å². The fourth-order valence-electron chi connectivity index (χ4n) is 5.17. The molecule has 0 aliphatic heterocycles. The third-order valence-corrected chi connectivity index (χ3v) is 7.85. The molecule has 3 heteroatoms. The fraction of sp³-hybridized carbons (Fsp3) is 0.806. The van der Waals surface area contributed by atoms with E-state index >= 15 is 0 Å². The fourth-order valence-corrected chi connectivity index (χ4v) is 5.17. The van der Waals surface area contributed by atoms with Gasteiger partial charge in [0, 0.05) is 22.3 Å². The SMILES string of the molecule is CCCC1=C(CCC(C)(O)CCC[C@H](C)CCC[C@H](C)CCCC(C)C)C(=O)C(C)=C(C)C1=O. The number of aliphatic hydroxyl groups is 1. The van der Waals surface area contributed by atoms with Crippen molar-refractivity contribution in [3.63, 3.8) is 0 Å². The number of hydrogen-bond donors (Lipinski definition) is 1. The lowest BCUT2D eigenvalue weighted by Gasteiger charge is -2.27. The van der Waals surface area contributed by atoms with Crippen molar-refractivity contribution in [2.45, 2.75) is 144 Å². The van der Waals surface area contributed by atoms with Gasteiger partial charge < -0.3 is 5.11 Å². The molecule has 0 spiro atoms. The van der Waals surface area contributed by atoms with Gasteiger partial charge in [-0.05, 0) is 64.2 Å². The summed E-state index contributed by atoms with van der Waals surface area (Å²) in [6.07, 6.45) is 13.3. The molecule has 3 atom stereocenters. The van der Waals surface area contributed by atoms with Crippen LogP contribution in [0, 0.1) is 17.8 Å². The molecular weight excluding hydrogens is 420 g/mol. The summed E-state index contributed by atoms with van der Waals surface area (Å²) >= 11 is 0. The predicted octanol–water partition coefficient (Wildman–Crippen LogP) is 8.54. The summed E-state index contributed by atoms with van der Waals surface area (Å²) in [5.74, 6) is 2.36. The number of hydrogen-bond acceptors (Lipinski definition) is 3. The maximum Gasteiger partial charge on any atom is 0.185 e. The van der Waals surface area contributed by atoms with E-state index in [1.54, 1.807) is 13.8 Å². The first-order valence-electron chi connectivity index (χ1n) is 14.1. The van der Waals surface area contributed by atoms with Crippen molar-refractivity contribution in [1.82, 2.24) is 0 Å². The molecule has 0 aromatic heterocycles. The van der Waals surface area contributed by atoms with E-state index in [4.69, 9.17) is 0 Å². The van der Waals surface area contributed by atoms with Gasteiger partial charge in [-0.15, -0.1) is 0 Å². The van der Waals surface area contributed by atoms with Gasteiger partial charge in [-0.3, -0.25) is 9.59 Å². The highest BCUT2D eigenvalue weighted by molar-refractivity contribution is 6.24. The molecule has 0 radical (unpaired) electrons. The average molecular weight is 475 g/mol. The maximum atomic E-state index is 12.9. The Bertz CT molecular complexity index is 723. The molecule has 0 saturated carbocycles. The molecule has 1 aliphatic rings. The molecule has 1 unspecified atom stereocenters. The van der Waals surface area contributed by atoms with Crippen LogP contribution in [-0.2, 0) is 9.59 Å². The Morgan fingerprint density at radius 2 is 1.15 bits per heavy atom. The molecule has 0 bridgehead atoms.